The van der Waals surface area contributed by atoms with E-state index in [-0.39, 0.29) is 17.9 Å². The van der Waals surface area contributed by atoms with E-state index >= 15 is 0 Å². The number of rotatable bonds is 3. The fraction of sp³-hybridized carbons (Fsp3) is 0.471. The number of hydrogen-bond acceptors (Lipinski definition) is 3. The van der Waals surface area contributed by atoms with E-state index in [1.165, 1.54) is 0 Å². The lowest BCUT2D eigenvalue weighted by Crippen LogP contribution is -2.38. The predicted molar refractivity (Wildman–Crippen MR) is 86.8 cm³/mol. The minimum atomic E-state index is -0.256. The standard InChI is InChI=1S/C17H21NO2S/c1-18(10-12-6-2-4-8-15(12)19)17(20)14-11-21-16-9-5-3-7-13(14)16/h3,5,7,9,11-12,15,19H,2,4,6,8,10H2,1H3. The zero-order chi connectivity index (χ0) is 14.8. The predicted octanol–water partition coefficient (Wildman–Crippen LogP) is 3.52. The molecule has 0 saturated heterocycles. The van der Waals surface area contributed by atoms with Crippen molar-refractivity contribution in [2.45, 2.75) is 31.8 Å². The van der Waals surface area contributed by atoms with Crippen LogP contribution in [0.5, 0.6) is 0 Å². The van der Waals surface area contributed by atoms with E-state index < -0.39 is 0 Å². The molecule has 1 aromatic heterocycles. The summed E-state index contributed by atoms with van der Waals surface area (Å²) in [7, 11) is 1.84. The van der Waals surface area contributed by atoms with Crippen LogP contribution in [0.4, 0.5) is 0 Å². The van der Waals surface area contributed by atoms with E-state index in [2.05, 4.69) is 0 Å². The van der Waals surface area contributed by atoms with Gasteiger partial charge in [-0.15, -0.1) is 11.3 Å². The summed E-state index contributed by atoms with van der Waals surface area (Å²) in [6, 6.07) is 8.01. The number of aliphatic hydroxyl groups excluding tert-OH is 1. The van der Waals surface area contributed by atoms with Gasteiger partial charge in [0.15, 0.2) is 0 Å². The van der Waals surface area contributed by atoms with Gasteiger partial charge in [0.2, 0.25) is 0 Å². The monoisotopic (exact) mass is 303 g/mol. The molecule has 21 heavy (non-hydrogen) atoms. The average Bonchev–Trinajstić information content (AvgIpc) is 2.92. The molecule has 1 saturated carbocycles. The number of thiophene rings is 1. The van der Waals surface area contributed by atoms with Crippen LogP contribution in [-0.4, -0.2) is 35.6 Å². The lowest BCUT2D eigenvalue weighted by atomic mass is 9.86. The van der Waals surface area contributed by atoms with Crippen LogP contribution in [0.2, 0.25) is 0 Å². The summed E-state index contributed by atoms with van der Waals surface area (Å²) in [6.07, 6.45) is 3.89. The van der Waals surface area contributed by atoms with Crippen molar-refractivity contribution in [3.8, 4) is 0 Å². The highest BCUT2D eigenvalue weighted by molar-refractivity contribution is 7.17. The molecule has 2 atom stereocenters. The molecule has 0 spiro atoms. The van der Waals surface area contributed by atoms with Gasteiger partial charge in [0, 0.05) is 35.0 Å². The molecule has 1 aliphatic carbocycles. The van der Waals surface area contributed by atoms with Crippen LogP contribution in [0.25, 0.3) is 10.1 Å². The molecule has 2 aromatic rings. The average molecular weight is 303 g/mol. The highest BCUT2D eigenvalue weighted by Gasteiger charge is 2.26. The Hall–Kier alpha value is -1.39. The Balaban J connectivity index is 1.75. The summed E-state index contributed by atoms with van der Waals surface area (Å²) in [5.74, 6) is 0.280. The van der Waals surface area contributed by atoms with Gasteiger partial charge in [-0.25, -0.2) is 0 Å². The fourth-order valence-corrected chi connectivity index (χ4v) is 4.12. The first-order valence-corrected chi connectivity index (χ1v) is 8.44. The normalized spacial score (nSPS) is 22.4. The third-order valence-corrected chi connectivity index (χ3v) is 5.40. The first-order chi connectivity index (χ1) is 10.2. The van der Waals surface area contributed by atoms with Crippen LogP contribution >= 0.6 is 11.3 Å². The van der Waals surface area contributed by atoms with Gasteiger partial charge in [-0.3, -0.25) is 4.79 Å². The number of carbonyl (C=O) groups excluding carboxylic acids is 1. The van der Waals surface area contributed by atoms with E-state index in [1.807, 2.05) is 36.7 Å². The largest absolute Gasteiger partial charge is 0.393 e. The molecule has 112 valence electrons. The summed E-state index contributed by atoms with van der Waals surface area (Å²) in [6.45, 7) is 0.643. The quantitative estimate of drug-likeness (QED) is 0.942. The number of aliphatic hydroxyl groups is 1. The maximum Gasteiger partial charge on any atom is 0.255 e. The SMILES string of the molecule is CN(CC1CCCCC1O)C(=O)c1csc2ccccc12. The van der Waals surface area contributed by atoms with E-state index in [9.17, 15) is 9.90 Å². The van der Waals surface area contributed by atoms with Crippen molar-refractivity contribution >= 4 is 27.3 Å². The molecule has 0 radical (unpaired) electrons. The molecule has 1 heterocycles. The van der Waals surface area contributed by atoms with Crippen molar-refractivity contribution < 1.29 is 9.90 Å². The molecule has 0 bridgehead atoms. The molecular formula is C17H21NO2S. The second kappa shape index (κ2) is 6.16. The first-order valence-electron chi connectivity index (χ1n) is 7.56. The van der Waals surface area contributed by atoms with Gasteiger partial charge in [-0.05, 0) is 18.9 Å². The van der Waals surface area contributed by atoms with Crippen molar-refractivity contribution in [3.63, 3.8) is 0 Å². The zero-order valence-electron chi connectivity index (χ0n) is 12.3. The summed E-state index contributed by atoms with van der Waals surface area (Å²) in [4.78, 5) is 14.4. The fourth-order valence-electron chi connectivity index (χ4n) is 3.18. The zero-order valence-corrected chi connectivity index (χ0v) is 13.1. The maximum atomic E-state index is 12.7. The van der Waals surface area contributed by atoms with E-state index in [4.69, 9.17) is 0 Å². The topological polar surface area (TPSA) is 40.5 Å². The second-order valence-electron chi connectivity index (χ2n) is 5.94. The maximum absolute atomic E-state index is 12.7. The Morgan fingerprint density at radius 1 is 1.33 bits per heavy atom. The van der Waals surface area contributed by atoms with Gasteiger partial charge in [0.25, 0.3) is 5.91 Å². The van der Waals surface area contributed by atoms with E-state index in [1.54, 1.807) is 16.2 Å². The highest BCUT2D eigenvalue weighted by atomic mass is 32.1. The van der Waals surface area contributed by atoms with Gasteiger partial charge in [0.05, 0.1) is 11.7 Å². The lowest BCUT2D eigenvalue weighted by molar-refractivity contribution is 0.0452. The van der Waals surface area contributed by atoms with Crippen LogP contribution in [0, 0.1) is 5.92 Å². The lowest BCUT2D eigenvalue weighted by Gasteiger charge is -2.31. The third kappa shape index (κ3) is 2.97. The first kappa shape index (κ1) is 14.5. The molecular weight excluding hydrogens is 282 g/mol. The number of hydrogen-bond donors (Lipinski definition) is 1. The Bertz CT molecular complexity index is 637. The van der Waals surface area contributed by atoms with Crippen molar-refractivity contribution in [1.29, 1.82) is 0 Å². The van der Waals surface area contributed by atoms with Crippen molar-refractivity contribution in [3.05, 3.63) is 35.2 Å². The van der Waals surface area contributed by atoms with Gasteiger partial charge in [-0.1, -0.05) is 31.0 Å². The number of fused-ring (bicyclic) bond motifs is 1. The van der Waals surface area contributed by atoms with Crippen LogP contribution in [0.3, 0.4) is 0 Å². The molecule has 0 aliphatic heterocycles. The smallest absolute Gasteiger partial charge is 0.255 e. The van der Waals surface area contributed by atoms with Gasteiger partial charge >= 0.3 is 0 Å². The number of amides is 1. The van der Waals surface area contributed by atoms with Crippen molar-refractivity contribution in [1.82, 2.24) is 4.90 Å². The van der Waals surface area contributed by atoms with Crippen LogP contribution < -0.4 is 0 Å². The van der Waals surface area contributed by atoms with Crippen LogP contribution in [0.15, 0.2) is 29.6 Å². The number of nitrogens with zero attached hydrogens (tertiary/aromatic N) is 1. The number of carbonyl (C=O) groups is 1. The molecule has 3 nitrogen and oxygen atoms in total. The molecule has 4 heteroatoms. The minimum Gasteiger partial charge on any atom is -0.393 e. The summed E-state index contributed by atoms with van der Waals surface area (Å²) >= 11 is 1.61. The van der Waals surface area contributed by atoms with Crippen LogP contribution in [-0.2, 0) is 0 Å². The number of benzene rings is 1. The van der Waals surface area contributed by atoms with E-state index in [0.717, 1.165) is 41.3 Å². The van der Waals surface area contributed by atoms with Gasteiger partial charge in [0.1, 0.15) is 0 Å². The summed E-state index contributed by atoms with van der Waals surface area (Å²) in [5.41, 5.74) is 0.781. The van der Waals surface area contributed by atoms with Gasteiger partial charge in [-0.2, -0.15) is 0 Å². The molecule has 3 rings (SSSR count). The molecule has 2 unspecified atom stereocenters. The Labute approximate surface area is 129 Å². The Morgan fingerprint density at radius 2 is 2.10 bits per heavy atom. The third-order valence-electron chi connectivity index (χ3n) is 4.44. The molecule has 1 aromatic carbocycles. The summed E-state index contributed by atoms with van der Waals surface area (Å²) < 4.78 is 1.15. The Morgan fingerprint density at radius 3 is 2.90 bits per heavy atom. The van der Waals surface area contributed by atoms with Crippen molar-refractivity contribution in [2.24, 2.45) is 5.92 Å². The highest BCUT2D eigenvalue weighted by Crippen LogP contribution is 2.28. The van der Waals surface area contributed by atoms with Crippen molar-refractivity contribution in [2.75, 3.05) is 13.6 Å². The molecule has 1 N–H and O–H groups in total. The second-order valence-corrected chi connectivity index (χ2v) is 6.85. The summed E-state index contributed by atoms with van der Waals surface area (Å²) in [5, 5.41) is 13.0. The molecule has 1 fully saturated rings. The van der Waals surface area contributed by atoms with Crippen LogP contribution in [0.1, 0.15) is 36.0 Å². The van der Waals surface area contributed by atoms with E-state index in [0.29, 0.717) is 6.54 Å². The minimum absolute atomic E-state index is 0.0604. The Kier molecular flexibility index (Phi) is 4.27. The molecule has 1 amide bonds. The molecule has 1 aliphatic rings. The van der Waals surface area contributed by atoms with Gasteiger partial charge < -0.3 is 10.0 Å².